The van der Waals surface area contributed by atoms with E-state index in [1.165, 1.54) is 10.9 Å². The van der Waals surface area contributed by atoms with E-state index in [0.717, 1.165) is 25.9 Å². The molecule has 4 heteroatoms. The number of nitrogens with zero attached hydrogens (tertiary/aromatic N) is 2. The van der Waals surface area contributed by atoms with Crippen LogP contribution in [0.5, 0.6) is 0 Å². The van der Waals surface area contributed by atoms with E-state index in [0.29, 0.717) is 12.5 Å². The van der Waals surface area contributed by atoms with Gasteiger partial charge in [0.05, 0.1) is 6.10 Å². The largest absolute Gasteiger partial charge is 0.378 e. The van der Waals surface area contributed by atoms with Crippen LogP contribution in [0.2, 0.25) is 0 Å². The van der Waals surface area contributed by atoms with Crippen LogP contribution in [0.15, 0.2) is 18.7 Å². The topological polar surface area (TPSA) is 44.1 Å². The van der Waals surface area contributed by atoms with Gasteiger partial charge in [0, 0.05) is 25.4 Å². The number of aromatic nitrogens is 2. The zero-order valence-corrected chi connectivity index (χ0v) is 8.06. The van der Waals surface area contributed by atoms with Crippen molar-refractivity contribution in [2.75, 3.05) is 6.61 Å². The summed E-state index contributed by atoms with van der Waals surface area (Å²) in [6.07, 6.45) is 8.72. The zero-order valence-electron chi connectivity index (χ0n) is 8.06. The second-order valence-corrected chi connectivity index (χ2v) is 3.54. The van der Waals surface area contributed by atoms with Gasteiger partial charge in [-0.05, 0) is 19.3 Å². The fourth-order valence-electron chi connectivity index (χ4n) is 1.69. The molecule has 0 bridgehead atoms. The Morgan fingerprint density at radius 1 is 1.64 bits per heavy atom. The molecule has 1 atom stereocenters. The highest BCUT2D eigenvalue weighted by Crippen LogP contribution is 2.16. The number of imidazole rings is 1. The third-order valence-electron chi connectivity index (χ3n) is 2.50. The van der Waals surface area contributed by atoms with Gasteiger partial charge < -0.3 is 4.74 Å². The Bertz CT molecular complexity index is 289. The van der Waals surface area contributed by atoms with Gasteiger partial charge in [0.1, 0.15) is 6.33 Å². The summed E-state index contributed by atoms with van der Waals surface area (Å²) in [5, 5.41) is 0. The Morgan fingerprint density at radius 3 is 3.21 bits per heavy atom. The Morgan fingerprint density at radius 2 is 2.57 bits per heavy atom. The maximum atomic E-state index is 11.5. The summed E-state index contributed by atoms with van der Waals surface area (Å²) < 4.78 is 6.97. The Labute approximate surface area is 82.9 Å². The quantitative estimate of drug-likeness (QED) is 0.732. The Hall–Kier alpha value is -1.16. The SMILES string of the molecule is O=C(CCC1CCCO1)n1ccnc1. The Balaban J connectivity index is 1.78. The van der Waals surface area contributed by atoms with Crippen LogP contribution in [-0.2, 0) is 4.74 Å². The van der Waals surface area contributed by atoms with Crippen molar-refractivity contribution in [1.82, 2.24) is 9.55 Å². The van der Waals surface area contributed by atoms with Gasteiger partial charge >= 0.3 is 0 Å². The molecular formula is C10H14N2O2. The van der Waals surface area contributed by atoms with Gasteiger partial charge in [0.15, 0.2) is 0 Å². The lowest BCUT2D eigenvalue weighted by Crippen LogP contribution is -2.13. The molecule has 4 nitrogen and oxygen atoms in total. The van der Waals surface area contributed by atoms with Crippen LogP contribution in [0.1, 0.15) is 30.5 Å². The molecule has 2 rings (SSSR count). The first-order valence-corrected chi connectivity index (χ1v) is 4.99. The summed E-state index contributed by atoms with van der Waals surface area (Å²) in [6, 6.07) is 0. The molecule has 0 N–H and O–H groups in total. The van der Waals surface area contributed by atoms with Gasteiger partial charge in [0.25, 0.3) is 0 Å². The lowest BCUT2D eigenvalue weighted by molar-refractivity contribution is 0.0798. The Kier molecular flexibility index (Phi) is 2.93. The van der Waals surface area contributed by atoms with Crippen molar-refractivity contribution in [1.29, 1.82) is 0 Å². The number of rotatable bonds is 3. The first-order valence-electron chi connectivity index (χ1n) is 4.99. The molecule has 0 aliphatic carbocycles. The summed E-state index contributed by atoms with van der Waals surface area (Å²) in [6.45, 7) is 0.851. The van der Waals surface area contributed by atoms with E-state index in [1.807, 2.05) is 0 Å². The van der Waals surface area contributed by atoms with Crippen LogP contribution in [-0.4, -0.2) is 28.2 Å². The van der Waals surface area contributed by atoms with Gasteiger partial charge in [-0.3, -0.25) is 9.36 Å². The van der Waals surface area contributed by atoms with Crippen LogP contribution in [0.3, 0.4) is 0 Å². The smallest absolute Gasteiger partial charge is 0.231 e. The molecule has 1 aliphatic rings. The molecule has 1 aliphatic heterocycles. The van der Waals surface area contributed by atoms with Crippen LogP contribution >= 0.6 is 0 Å². The van der Waals surface area contributed by atoms with Crippen molar-refractivity contribution >= 4 is 5.91 Å². The van der Waals surface area contributed by atoms with Gasteiger partial charge in [-0.15, -0.1) is 0 Å². The molecule has 1 aromatic heterocycles. The number of hydrogen-bond donors (Lipinski definition) is 0. The summed E-state index contributed by atoms with van der Waals surface area (Å²) in [4.78, 5) is 15.4. The van der Waals surface area contributed by atoms with Crippen molar-refractivity contribution in [3.63, 3.8) is 0 Å². The fraction of sp³-hybridized carbons (Fsp3) is 0.600. The van der Waals surface area contributed by atoms with Gasteiger partial charge in [0.2, 0.25) is 5.91 Å². The van der Waals surface area contributed by atoms with Crippen molar-refractivity contribution in [3.05, 3.63) is 18.7 Å². The average Bonchev–Trinajstić information content (AvgIpc) is 2.87. The first kappa shape index (κ1) is 9.40. The monoisotopic (exact) mass is 194 g/mol. The van der Waals surface area contributed by atoms with Gasteiger partial charge in [-0.2, -0.15) is 0 Å². The second-order valence-electron chi connectivity index (χ2n) is 3.54. The minimum atomic E-state index is 0.0954. The normalized spacial score (nSPS) is 21.3. The fourth-order valence-corrected chi connectivity index (χ4v) is 1.69. The predicted octanol–water partition coefficient (Wildman–Crippen LogP) is 1.48. The number of ether oxygens (including phenoxy) is 1. The van der Waals surface area contributed by atoms with Crippen molar-refractivity contribution in [3.8, 4) is 0 Å². The summed E-state index contributed by atoms with van der Waals surface area (Å²) in [5.74, 6) is 0.0954. The summed E-state index contributed by atoms with van der Waals surface area (Å²) in [7, 11) is 0. The van der Waals surface area contributed by atoms with E-state index in [4.69, 9.17) is 4.74 Å². The third kappa shape index (κ3) is 2.20. The molecule has 1 fully saturated rings. The highest BCUT2D eigenvalue weighted by molar-refractivity contribution is 5.78. The zero-order chi connectivity index (χ0) is 9.80. The number of carbonyl (C=O) groups excluding carboxylic acids is 1. The van der Waals surface area contributed by atoms with Crippen molar-refractivity contribution in [2.45, 2.75) is 31.8 Å². The minimum Gasteiger partial charge on any atom is -0.378 e. The molecule has 0 saturated carbocycles. The standard InChI is InChI=1S/C10H14N2O2/c13-10(12-6-5-11-8-12)4-3-9-2-1-7-14-9/h5-6,8-9H,1-4,7H2. The van der Waals surface area contributed by atoms with Crippen LogP contribution in [0.4, 0.5) is 0 Å². The highest BCUT2D eigenvalue weighted by atomic mass is 16.5. The van der Waals surface area contributed by atoms with Gasteiger partial charge in [-0.1, -0.05) is 0 Å². The summed E-state index contributed by atoms with van der Waals surface area (Å²) in [5.41, 5.74) is 0. The molecule has 0 aromatic carbocycles. The second kappa shape index (κ2) is 4.37. The third-order valence-corrected chi connectivity index (χ3v) is 2.50. The molecule has 1 saturated heterocycles. The van der Waals surface area contributed by atoms with Crippen LogP contribution < -0.4 is 0 Å². The van der Waals surface area contributed by atoms with Crippen LogP contribution in [0, 0.1) is 0 Å². The minimum absolute atomic E-state index is 0.0954. The molecule has 1 unspecified atom stereocenters. The molecule has 0 amide bonds. The maximum absolute atomic E-state index is 11.5. The molecule has 0 spiro atoms. The van der Waals surface area contributed by atoms with E-state index >= 15 is 0 Å². The maximum Gasteiger partial charge on any atom is 0.231 e. The van der Waals surface area contributed by atoms with E-state index < -0.39 is 0 Å². The molecular weight excluding hydrogens is 180 g/mol. The van der Waals surface area contributed by atoms with Crippen molar-refractivity contribution < 1.29 is 9.53 Å². The lowest BCUT2D eigenvalue weighted by Gasteiger charge is -2.07. The average molecular weight is 194 g/mol. The predicted molar refractivity (Wildman–Crippen MR) is 51.1 cm³/mol. The molecule has 1 aromatic rings. The molecule has 76 valence electrons. The van der Waals surface area contributed by atoms with Gasteiger partial charge in [-0.25, -0.2) is 4.98 Å². The molecule has 14 heavy (non-hydrogen) atoms. The highest BCUT2D eigenvalue weighted by Gasteiger charge is 2.16. The first-order chi connectivity index (χ1) is 6.86. The van der Waals surface area contributed by atoms with E-state index in [2.05, 4.69) is 4.98 Å². The van der Waals surface area contributed by atoms with E-state index in [1.54, 1.807) is 12.4 Å². The molecule has 2 heterocycles. The van der Waals surface area contributed by atoms with E-state index in [9.17, 15) is 4.79 Å². The van der Waals surface area contributed by atoms with E-state index in [-0.39, 0.29) is 5.91 Å². The lowest BCUT2D eigenvalue weighted by atomic mass is 10.1. The van der Waals surface area contributed by atoms with Crippen LogP contribution in [0.25, 0.3) is 0 Å². The number of carbonyl (C=O) groups is 1. The van der Waals surface area contributed by atoms with Crippen molar-refractivity contribution in [2.24, 2.45) is 0 Å². The summed E-state index contributed by atoms with van der Waals surface area (Å²) >= 11 is 0. The number of hydrogen-bond acceptors (Lipinski definition) is 3. The molecule has 0 radical (unpaired) electrons.